The number of ether oxygens (including phenoxy) is 2. The normalized spacial score (nSPS) is 10.7. The van der Waals surface area contributed by atoms with Gasteiger partial charge in [-0.05, 0) is 18.5 Å². The molecule has 5 heteroatoms. The number of rotatable bonds is 10. The van der Waals surface area contributed by atoms with Gasteiger partial charge in [-0.25, -0.2) is 0 Å². The van der Waals surface area contributed by atoms with Crippen molar-refractivity contribution in [2.45, 2.75) is 20.4 Å². The fourth-order valence-electron chi connectivity index (χ4n) is 1.77. The fraction of sp³-hybridized carbons (Fsp3) is 0.562. The van der Waals surface area contributed by atoms with Gasteiger partial charge in [0.05, 0.1) is 6.61 Å². The maximum absolute atomic E-state index is 11.6. The molecule has 1 aromatic rings. The van der Waals surface area contributed by atoms with E-state index in [0.29, 0.717) is 19.1 Å². The molecule has 0 aliphatic heterocycles. The molecular formula is C16H26N2O3. The number of hydrogen-bond donors (Lipinski definition) is 2. The monoisotopic (exact) mass is 294 g/mol. The molecule has 1 aromatic carbocycles. The Bertz CT molecular complexity index is 422. The maximum atomic E-state index is 11.6. The quantitative estimate of drug-likeness (QED) is 0.643. The number of methoxy groups -OCH3 is 1. The number of nitrogens with one attached hydrogen (secondary N) is 2. The van der Waals surface area contributed by atoms with Gasteiger partial charge in [-0.2, -0.15) is 0 Å². The van der Waals surface area contributed by atoms with E-state index in [9.17, 15) is 4.79 Å². The van der Waals surface area contributed by atoms with Crippen LogP contribution in [0.15, 0.2) is 24.3 Å². The van der Waals surface area contributed by atoms with E-state index in [1.807, 2.05) is 24.3 Å². The van der Waals surface area contributed by atoms with Gasteiger partial charge in [0.1, 0.15) is 5.75 Å². The van der Waals surface area contributed by atoms with Crippen LogP contribution in [0.3, 0.4) is 0 Å². The van der Waals surface area contributed by atoms with Crippen LogP contribution in [0.1, 0.15) is 19.4 Å². The predicted octanol–water partition coefficient (Wildman–Crippen LogP) is 1.57. The van der Waals surface area contributed by atoms with E-state index in [-0.39, 0.29) is 12.5 Å². The molecule has 0 aromatic heterocycles. The van der Waals surface area contributed by atoms with Crippen LogP contribution in [0, 0.1) is 5.92 Å². The summed E-state index contributed by atoms with van der Waals surface area (Å²) < 4.78 is 10.5. The van der Waals surface area contributed by atoms with E-state index in [4.69, 9.17) is 9.47 Å². The summed E-state index contributed by atoms with van der Waals surface area (Å²) in [7, 11) is 1.60. The zero-order chi connectivity index (χ0) is 15.5. The van der Waals surface area contributed by atoms with Crippen LogP contribution < -0.4 is 15.4 Å². The zero-order valence-corrected chi connectivity index (χ0v) is 13.1. The van der Waals surface area contributed by atoms with Gasteiger partial charge in [0, 0.05) is 25.8 Å². The Hall–Kier alpha value is -1.59. The lowest BCUT2D eigenvalue weighted by Gasteiger charge is -2.13. The molecule has 0 atom stereocenters. The number of benzene rings is 1. The average Bonchev–Trinajstić information content (AvgIpc) is 2.46. The minimum Gasteiger partial charge on any atom is -0.483 e. The predicted molar refractivity (Wildman–Crippen MR) is 83.4 cm³/mol. The molecule has 0 heterocycles. The van der Waals surface area contributed by atoms with Crippen molar-refractivity contribution in [1.29, 1.82) is 0 Å². The number of carbonyl (C=O) groups is 1. The minimum atomic E-state index is -0.142. The third-order valence-corrected chi connectivity index (χ3v) is 2.83. The molecule has 0 spiro atoms. The Labute approximate surface area is 127 Å². The second-order valence-corrected chi connectivity index (χ2v) is 5.26. The average molecular weight is 294 g/mol. The van der Waals surface area contributed by atoms with Crippen LogP contribution in [0.5, 0.6) is 5.75 Å². The molecule has 0 aliphatic carbocycles. The van der Waals surface area contributed by atoms with E-state index < -0.39 is 0 Å². The highest BCUT2D eigenvalue weighted by Gasteiger charge is 2.06. The fourth-order valence-corrected chi connectivity index (χ4v) is 1.77. The van der Waals surface area contributed by atoms with Crippen molar-refractivity contribution in [3.8, 4) is 5.75 Å². The Balaban J connectivity index is 2.41. The Morgan fingerprint density at radius 3 is 2.76 bits per heavy atom. The van der Waals surface area contributed by atoms with E-state index in [1.54, 1.807) is 7.11 Å². The highest BCUT2D eigenvalue weighted by Crippen LogP contribution is 2.17. The van der Waals surface area contributed by atoms with Crippen LogP contribution in [-0.2, 0) is 16.1 Å². The van der Waals surface area contributed by atoms with Crippen molar-refractivity contribution < 1.29 is 14.3 Å². The van der Waals surface area contributed by atoms with Crippen molar-refractivity contribution in [1.82, 2.24) is 10.6 Å². The molecule has 0 saturated carbocycles. The molecule has 0 unspecified atom stereocenters. The molecule has 0 fully saturated rings. The van der Waals surface area contributed by atoms with Crippen molar-refractivity contribution in [3.63, 3.8) is 0 Å². The van der Waals surface area contributed by atoms with E-state index in [1.165, 1.54) is 0 Å². The van der Waals surface area contributed by atoms with Crippen molar-refractivity contribution >= 4 is 5.91 Å². The molecule has 0 radical (unpaired) electrons. The summed E-state index contributed by atoms with van der Waals surface area (Å²) in [6.07, 6.45) is 0. The highest BCUT2D eigenvalue weighted by atomic mass is 16.5. The molecule has 5 nitrogen and oxygen atoms in total. The summed E-state index contributed by atoms with van der Waals surface area (Å²) in [5.74, 6) is 1.21. The number of hydrogen-bond acceptors (Lipinski definition) is 4. The molecule has 2 N–H and O–H groups in total. The molecular weight excluding hydrogens is 268 g/mol. The lowest BCUT2D eigenvalue weighted by molar-refractivity contribution is -0.123. The van der Waals surface area contributed by atoms with Gasteiger partial charge in [0.2, 0.25) is 0 Å². The first-order valence-corrected chi connectivity index (χ1v) is 7.30. The summed E-state index contributed by atoms with van der Waals surface area (Å²) in [4.78, 5) is 11.6. The summed E-state index contributed by atoms with van der Waals surface area (Å²) in [5.41, 5.74) is 1.06. The molecule has 0 bridgehead atoms. The molecule has 0 saturated heterocycles. The number of carbonyl (C=O) groups excluding carboxylic acids is 1. The van der Waals surface area contributed by atoms with Crippen LogP contribution in [0.4, 0.5) is 0 Å². The van der Waals surface area contributed by atoms with Crippen molar-refractivity contribution in [2.24, 2.45) is 5.92 Å². The summed E-state index contributed by atoms with van der Waals surface area (Å²) in [5, 5.41) is 6.10. The van der Waals surface area contributed by atoms with Gasteiger partial charge >= 0.3 is 0 Å². The Morgan fingerprint density at radius 1 is 1.29 bits per heavy atom. The third-order valence-electron chi connectivity index (χ3n) is 2.83. The third kappa shape index (κ3) is 7.68. The molecule has 118 valence electrons. The number of para-hydroxylation sites is 1. The Kier molecular flexibility index (Phi) is 8.47. The van der Waals surface area contributed by atoms with Crippen molar-refractivity contribution in [2.75, 3.05) is 33.4 Å². The first-order chi connectivity index (χ1) is 10.1. The van der Waals surface area contributed by atoms with Gasteiger partial charge in [-0.15, -0.1) is 0 Å². The minimum absolute atomic E-state index is 0.0188. The maximum Gasteiger partial charge on any atom is 0.258 e. The van der Waals surface area contributed by atoms with Gasteiger partial charge in [-0.3, -0.25) is 4.79 Å². The summed E-state index contributed by atoms with van der Waals surface area (Å²) >= 11 is 0. The zero-order valence-electron chi connectivity index (χ0n) is 13.1. The molecule has 1 amide bonds. The van der Waals surface area contributed by atoms with Gasteiger partial charge in [-0.1, -0.05) is 32.0 Å². The summed E-state index contributed by atoms with van der Waals surface area (Å²) in [6.45, 7) is 7.04. The first kappa shape index (κ1) is 17.5. The van der Waals surface area contributed by atoms with E-state index in [0.717, 1.165) is 24.4 Å². The van der Waals surface area contributed by atoms with Crippen LogP contribution in [0.2, 0.25) is 0 Å². The lowest BCUT2D eigenvalue weighted by atomic mass is 10.2. The molecule has 1 rings (SSSR count). The van der Waals surface area contributed by atoms with E-state index >= 15 is 0 Å². The van der Waals surface area contributed by atoms with Gasteiger partial charge in [0.15, 0.2) is 6.61 Å². The Morgan fingerprint density at radius 2 is 2.05 bits per heavy atom. The van der Waals surface area contributed by atoms with Gasteiger partial charge < -0.3 is 20.1 Å². The topological polar surface area (TPSA) is 59.6 Å². The SMILES string of the molecule is COCCNC(=O)COc1ccccc1CNCC(C)C. The van der Waals surface area contributed by atoms with Crippen LogP contribution in [-0.4, -0.2) is 39.3 Å². The first-order valence-electron chi connectivity index (χ1n) is 7.30. The van der Waals surface area contributed by atoms with Gasteiger partial charge in [0.25, 0.3) is 5.91 Å². The van der Waals surface area contributed by atoms with Crippen LogP contribution in [0.25, 0.3) is 0 Å². The second kappa shape index (κ2) is 10.2. The molecule has 21 heavy (non-hydrogen) atoms. The van der Waals surface area contributed by atoms with Crippen LogP contribution >= 0.6 is 0 Å². The largest absolute Gasteiger partial charge is 0.483 e. The highest BCUT2D eigenvalue weighted by molar-refractivity contribution is 5.77. The molecule has 0 aliphatic rings. The lowest BCUT2D eigenvalue weighted by Crippen LogP contribution is -2.31. The number of amides is 1. The standard InChI is InChI=1S/C16H26N2O3/c1-13(2)10-17-11-14-6-4-5-7-15(14)21-12-16(19)18-8-9-20-3/h4-7,13,17H,8-12H2,1-3H3,(H,18,19). The smallest absolute Gasteiger partial charge is 0.258 e. The van der Waals surface area contributed by atoms with Crippen molar-refractivity contribution in [3.05, 3.63) is 29.8 Å². The summed E-state index contributed by atoms with van der Waals surface area (Å²) in [6, 6.07) is 7.77. The second-order valence-electron chi connectivity index (χ2n) is 5.26. The van der Waals surface area contributed by atoms with E-state index in [2.05, 4.69) is 24.5 Å².